The normalized spacial score (nSPS) is 11.4. The number of amides is 1. The molecule has 0 saturated heterocycles. The minimum atomic E-state index is -0.244. The number of aryl methyl sites for hydroxylation is 1. The van der Waals surface area contributed by atoms with Crippen LogP contribution in [0.25, 0.3) is 10.2 Å². The molecule has 2 aromatic carbocycles. The zero-order chi connectivity index (χ0) is 20.1. The van der Waals surface area contributed by atoms with Crippen LogP contribution < -0.4 is 14.3 Å². The number of thiazole rings is 1. The van der Waals surface area contributed by atoms with Crippen LogP contribution in [0.1, 0.15) is 18.1 Å². The van der Waals surface area contributed by atoms with Gasteiger partial charge in [0.15, 0.2) is 4.80 Å². The summed E-state index contributed by atoms with van der Waals surface area (Å²) in [5.74, 6) is 3.86. The first-order valence-corrected chi connectivity index (χ1v) is 9.78. The smallest absolute Gasteiger partial charge is 0.252 e. The third-order valence-electron chi connectivity index (χ3n) is 4.21. The summed E-state index contributed by atoms with van der Waals surface area (Å²) in [5.41, 5.74) is 2.82. The number of hydrogen-bond acceptors (Lipinski definition) is 4. The van der Waals surface area contributed by atoms with Crippen LogP contribution in [0.2, 0.25) is 0 Å². The van der Waals surface area contributed by atoms with Crippen LogP contribution >= 0.6 is 11.3 Å². The summed E-state index contributed by atoms with van der Waals surface area (Å²) in [6.45, 7) is 4.85. The predicted octanol–water partition coefficient (Wildman–Crippen LogP) is 3.72. The van der Waals surface area contributed by atoms with E-state index < -0.39 is 0 Å². The predicted molar refractivity (Wildman–Crippen MR) is 112 cm³/mol. The molecule has 0 aliphatic rings. The molecule has 6 heteroatoms. The SMILES string of the molecule is C#CCn1c(=NC(=O)Cc2cc(C)ccc2OC)sc2cc(OCC)ccc21. The lowest BCUT2D eigenvalue weighted by atomic mass is 10.1. The lowest BCUT2D eigenvalue weighted by Crippen LogP contribution is -2.17. The summed E-state index contributed by atoms with van der Waals surface area (Å²) in [6.07, 6.45) is 5.70. The molecule has 144 valence electrons. The largest absolute Gasteiger partial charge is 0.496 e. The van der Waals surface area contributed by atoms with Crippen molar-refractivity contribution in [2.75, 3.05) is 13.7 Å². The van der Waals surface area contributed by atoms with Crippen molar-refractivity contribution in [2.45, 2.75) is 26.8 Å². The molecular formula is C22H22N2O3S. The lowest BCUT2D eigenvalue weighted by molar-refractivity contribution is -0.117. The fraction of sp³-hybridized carbons (Fsp3) is 0.273. The number of nitrogens with zero attached hydrogens (tertiary/aromatic N) is 2. The maximum atomic E-state index is 12.7. The Labute approximate surface area is 168 Å². The van der Waals surface area contributed by atoms with Crippen molar-refractivity contribution in [3.63, 3.8) is 0 Å². The summed E-state index contributed by atoms with van der Waals surface area (Å²) in [6, 6.07) is 11.6. The molecule has 0 aliphatic heterocycles. The van der Waals surface area contributed by atoms with E-state index in [0.717, 1.165) is 27.1 Å². The molecule has 3 aromatic rings. The molecule has 0 saturated carbocycles. The summed E-state index contributed by atoms with van der Waals surface area (Å²) in [4.78, 5) is 17.6. The molecule has 1 aromatic heterocycles. The van der Waals surface area contributed by atoms with Gasteiger partial charge in [0.1, 0.15) is 11.5 Å². The van der Waals surface area contributed by atoms with Gasteiger partial charge in [-0.15, -0.1) is 6.42 Å². The van der Waals surface area contributed by atoms with Gasteiger partial charge in [0, 0.05) is 5.56 Å². The number of carbonyl (C=O) groups is 1. The highest BCUT2D eigenvalue weighted by Crippen LogP contribution is 2.24. The van der Waals surface area contributed by atoms with Gasteiger partial charge in [0.05, 0.1) is 36.9 Å². The Morgan fingerprint density at radius 1 is 1.29 bits per heavy atom. The van der Waals surface area contributed by atoms with Crippen molar-refractivity contribution in [3.8, 4) is 23.8 Å². The number of hydrogen-bond donors (Lipinski definition) is 0. The van der Waals surface area contributed by atoms with Gasteiger partial charge >= 0.3 is 0 Å². The van der Waals surface area contributed by atoms with E-state index in [1.807, 2.05) is 54.8 Å². The fourth-order valence-electron chi connectivity index (χ4n) is 2.99. The standard InChI is InChI=1S/C22H22N2O3S/c1-5-11-24-18-9-8-17(27-6-2)14-20(18)28-22(24)23-21(25)13-16-12-15(3)7-10-19(16)26-4/h1,7-10,12,14H,6,11,13H2,2-4H3. The van der Waals surface area contributed by atoms with Gasteiger partial charge in [-0.2, -0.15) is 4.99 Å². The number of fused-ring (bicyclic) bond motifs is 1. The third-order valence-corrected chi connectivity index (χ3v) is 5.25. The molecule has 0 spiro atoms. The molecule has 0 radical (unpaired) electrons. The van der Waals surface area contributed by atoms with E-state index in [9.17, 15) is 4.79 Å². The summed E-state index contributed by atoms with van der Waals surface area (Å²) < 4.78 is 13.8. The van der Waals surface area contributed by atoms with Crippen molar-refractivity contribution in [1.29, 1.82) is 0 Å². The highest BCUT2D eigenvalue weighted by molar-refractivity contribution is 7.16. The van der Waals surface area contributed by atoms with Crippen LogP contribution in [-0.2, 0) is 17.8 Å². The molecule has 0 N–H and O–H groups in total. The summed E-state index contributed by atoms with van der Waals surface area (Å²) in [7, 11) is 1.60. The van der Waals surface area contributed by atoms with E-state index in [-0.39, 0.29) is 12.3 Å². The Bertz CT molecular complexity index is 1120. The van der Waals surface area contributed by atoms with Gasteiger partial charge in [-0.05, 0) is 38.1 Å². The first-order chi connectivity index (χ1) is 13.5. The first kappa shape index (κ1) is 19.7. The molecule has 0 fully saturated rings. The lowest BCUT2D eigenvalue weighted by Gasteiger charge is -2.07. The zero-order valence-electron chi connectivity index (χ0n) is 16.2. The number of methoxy groups -OCH3 is 1. The average molecular weight is 394 g/mol. The second kappa shape index (κ2) is 8.77. The van der Waals surface area contributed by atoms with E-state index in [1.54, 1.807) is 7.11 Å². The van der Waals surface area contributed by atoms with Crippen LogP contribution in [0.4, 0.5) is 0 Å². The van der Waals surface area contributed by atoms with Gasteiger partial charge in [-0.25, -0.2) is 0 Å². The highest BCUT2D eigenvalue weighted by Gasteiger charge is 2.11. The quantitative estimate of drug-likeness (QED) is 0.599. The molecule has 28 heavy (non-hydrogen) atoms. The van der Waals surface area contributed by atoms with E-state index >= 15 is 0 Å². The number of terminal acetylenes is 1. The summed E-state index contributed by atoms with van der Waals surface area (Å²) in [5, 5.41) is 0. The Balaban J connectivity index is 2.00. The van der Waals surface area contributed by atoms with E-state index in [1.165, 1.54) is 11.3 Å². The van der Waals surface area contributed by atoms with Gasteiger partial charge < -0.3 is 14.0 Å². The number of carbonyl (C=O) groups excluding carboxylic acids is 1. The fourth-order valence-corrected chi connectivity index (χ4v) is 4.07. The van der Waals surface area contributed by atoms with Crippen LogP contribution in [0.15, 0.2) is 41.4 Å². The van der Waals surface area contributed by atoms with Crippen molar-refractivity contribution in [3.05, 3.63) is 52.3 Å². The van der Waals surface area contributed by atoms with Gasteiger partial charge in [-0.1, -0.05) is 35.0 Å². The third kappa shape index (κ3) is 4.26. The van der Waals surface area contributed by atoms with Crippen LogP contribution in [0.3, 0.4) is 0 Å². The number of ether oxygens (including phenoxy) is 2. The number of aromatic nitrogens is 1. The van der Waals surface area contributed by atoms with Crippen molar-refractivity contribution < 1.29 is 14.3 Å². The van der Waals surface area contributed by atoms with Gasteiger partial charge in [-0.3, -0.25) is 4.79 Å². The highest BCUT2D eigenvalue weighted by atomic mass is 32.1. The molecule has 0 atom stereocenters. The molecule has 0 aliphatic carbocycles. The molecule has 0 unspecified atom stereocenters. The van der Waals surface area contributed by atoms with Crippen molar-refractivity contribution in [2.24, 2.45) is 4.99 Å². The van der Waals surface area contributed by atoms with Crippen molar-refractivity contribution >= 4 is 27.5 Å². The Morgan fingerprint density at radius 2 is 2.11 bits per heavy atom. The maximum Gasteiger partial charge on any atom is 0.252 e. The van der Waals surface area contributed by atoms with E-state index in [2.05, 4.69) is 10.9 Å². The molecular weight excluding hydrogens is 372 g/mol. The van der Waals surface area contributed by atoms with Crippen molar-refractivity contribution in [1.82, 2.24) is 4.57 Å². The monoisotopic (exact) mass is 394 g/mol. The Morgan fingerprint density at radius 3 is 2.82 bits per heavy atom. The van der Waals surface area contributed by atoms with Gasteiger partial charge in [0.25, 0.3) is 5.91 Å². The molecule has 5 nitrogen and oxygen atoms in total. The Kier molecular flexibility index (Phi) is 6.17. The second-order valence-corrected chi connectivity index (χ2v) is 7.24. The van der Waals surface area contributed by atoms with Gasteiger partial charge in [0.2, 0.25) is 0 Å². The average Bonchev–Trinajstić information content (AvgIpc) is 2.99. The van der Waals surface area contributed by atoms with E-state index in [0.29, 0.717) is 23.7 Å². The molecule has 1 amide bonds. The maximum absolute atomic E-state index is 12.7. The molecule has 0 bridgehead atoms. The molecule has 1 heterocycles. The zero-order valence-corrected chi connectivity index (χ0v) is 17.0. The number of rotatable bonds is 6. The Hall–Kier alpha value is -3.04. The van der Waals surface area contributed by atoms with Crippen LogP contribution in [-0.4, -0.2) is 24.2 Å². The first-order valence-electron chi connectivity index (χ1n) is 8.96. The second-order valence-electron chi connectivity index (χ2n) is 6.24. The minimum Gasteiger partial charge on any atom is -0.496 e. The minimum absolute atomic E-state index is 0.166. The molecule has 3 rings (SSSR count). The summed E-state index contributed by atoms with van der Waals surface area (Å²) >= 11 is 1.42. The number of benzene rings is 2. The van der Waals surface area contributed by atoms with E-state index in [4.69, 9.17) is 15.9 Å². The topological polar surface area (TPSA) is 52.8 Å². The van der Waals surface area contributed by atoms with Crippen LogP contribution in [0.5, 0.6) is 11.5 Å². The van der Waals surface area contributed by atoms with Crippen LogP contribution in [0, 0.1) is 19.3 Å².